The first-order valence-electron chi connectivity index (χ1n) is 18.0. The van der Waals surface area contributed by atoms with Crippen LogP contribution in [0.5, 0.6) is 0 Å². The first kappa shape index (κ1) is 40.2. The van der Waals surface area contributed by atoms with Gasteiger partial charge in [-0.1, -0.05) is 104 Å². The molecule has 0 amide bonds. The van der Waals surface area contributed by atoms with E-state index in [0.29, 0.717) is 0 Å². The number of aromatic nitrogens is 1. The van der Waals surface area contributed by atoms with Crippen molar-refractivity contribution in [3.63, 3.8) is 0 Å². The number of fused-ring (bicyclic) bond motifs is 3. The molecule has 3 heterocycles. The third kappa shape index (κ3) is 8.09. The Bertz CT molecular complexity index is 2170. The number of para-hydroxylation sites is 1. The van der Waals surface area contributed by atoms with E-state index in [9.17, 15) is 9.90 Å². The number of aliphatic hydroxyl groups excluding tert-OH is 1. The molecular weight excluding hydrogens is 827 g/mol. The van der Waals surface area contributed by atoms with Crippen LogP contribution in [0.25, 0.3) is 53.5 Å². The number of aryl methyl sites for hydroxylation is 1. The molecule has 271 valence electrons. The number of aliphatic hydroxyl groups is 1. The molecule has 6 aromatic rings. The predicted molar refractivity (Wildman–Crippen MR) is 213 cm³/mol. The molecule has 4 nitrogen and oxygen atoms in total. The Morgan fingerprint density at radius 1 is 0.863 bits per heavy atom. The van der Waals surface area contributed by atoms with Crippen LogP contribution in [0.4, 0.5) is 0 Å². The minimum atomic E-state index is -0.337. The number of pyridine rings is 1. The minimum Gasteiger partial charge on any atom is -0.512 e. The Morgan fingerprint density at radius 3 is 2.16 bits per heavy atom. The number of thiophene rings is 1. The molecule has 0 aliphatic carbocycles. The quantitative estimate of drug-likeness (QED) is 0.0893. The van der Waals surface area contributed by atoms with Crippen molar-refractivity contribution >= 4 is 48.9 Å². The number of benzene rings is 3. The molecule has 0 spiro atoms. The molecule has 0 fully saturated rings. The summed E-state index contributed by atoms with van der Waals surface area (Å²) >= 11 is 1.78. The molecule has 0 saturated heterocycles. The van der Waals surface area contributed by atoms with Crippen molar-refractivity contribution in [2.45, 2.75) is 100 Å². The van der Waals surface area contributed by atoms with Crippen molar-refractivity contribution in [1.82, 2.24) is 4.98 Å². The minimum absolute atomic E-state index is 0. The number of carbonyl (C=O) groups excluding carboxylic acids is 1. The third-order valence-corrected chi connectivity index (χ3v) is 12.1. The first-order valence-corrected chi connectivity index (χ1v) is 18.8. The van der Waals surface area contributed by atoms with Gasteiger partial charge < -0.3 is 9.52 Å². The number of ketones is 1. The molecule has 0 aliphatic heterocycles. The SMILES string of the molecule is CCC(C)(CC)C(=O)/C=C(\O)C(C)(CC)CC.Cc1coc2c(-c3cc4c(-c5[c-]c6ccccc6c(C(C)(C)C)c5)nccc4s3)cccc12.[Ir]. The summed E-state index contributed by atoms with van der Waals surface area (Å²) in [5.41, 5.74) is 6.00. The van der Waals surface area contributed by atoms with Crippen LogP contribution in [-0.2, 0) is 30.3 Å². The molecule has 1 N–H and O–H groups in total. The van der Waals surface area contributed by atoms with Gasteiger partial charge in [0.15, 0.2) is 5.78 Å². The maximum absolute atomic E-state index is 12.2. The van der Waals surface area contributed by atoms with E-state index in [0.717, 1.165) is 64.4 Å². The van der Waals surface area contributed by atoms with E-state index < -0.39 is 0 Å². The van der Waals surface area contributed by atoms with Crippen molar-refractivity contribution in [2.75, 3.05) is 0 Å². The van der Waals surface area contributed by atoms with E-state index in [1.807, 2.05) is 54.0 Å². The average Bonchev–Trinajstić information content (AvgIpc) is 3.73. The number of rotatable bonds is 9. The number of carbonyl (C=O) groups is 1. The van der Waals surface area contributed by atoms with E-state index in [1.54, 1.807) is 11.3 Å². The van der Waals surface area contributed by atoms with Crippen molar-refractivity contribution in [3.05, 3.63) is 102 Å². The van der Waals surface area contributed by atoms with E-state index in [1.165, 1.54) is 32.0 Å². The second kappa shape index (κ2) is 16.0. The van der Waals surface area contributed by atoms with Crippen LogP contribution in [0.3, 0.4) is 0 Å². The topological polar surface area (TPSA) is 63.3 Å². The van der Waals surface area contributed by atoms with Gasteiger partial charge in [0, 0.05) is 69.4 Å². The van der Waals surface area contributed by atoms with E-state index in [2.05, 4.69) is 94.4 Å². The summed E-state index contributed by atoms with van der Waals surface area (Å²) in [6, 6.07) is 25.2. The fraction of sp³-hybridized carbons (Fsp3) is 0.378. The average molecular weight is 879 g/mol. The van der Waals surface area contributed by atoms with Crippen molar-refractivity contribution in [3.8, 4) is 21.7 Å². The maximum Gasteiger partial charge on any atom is 0.164 e. The van der Waals surface area contributed by atoms with Gasteiger partial charge in [-0.25, -0.2) is 0 Å². The molecule has 51 heavy (non-hydrogen) atoms. The Hall–Kier alpha value is -3.57. The normalized spacial score (nSPS) is 12.5. The predicted octanol–water partition coefficient (Wildman–Crippen LogP) is 13.6. The van der Waals surface area contributed by atoms with Gasteiger partial charge in [-0.3, -0.25) is 9.78 Å². The van der Waals surface area contributed by atoms with Crippen LogP contribution in [-0.4, -0.2) is 15.9 Å². The molecule has 3 aromatic heterocycles. The number of furan rings is 1. The zero-order chi connectivity index (χ0) is 36.4. The molecule has 6 heteroatoms. The molecule has 6 rings (SSSR count). The first-order chi connectivity index (χ1) is 23.7. The Kier molecular flexibility index (Phi) is 12.6. The van der Waals surface area contributed by atoms with Gasteiger partial charge in [0.25, 0.3) is 0 Å². The zero-order valence-electron chi connectivity index (χ0n) is 31.8. The summed E-state index contributed by atoms with van der Waals surface area (Å²) in [5, 5.41) is 14.8. The van der Waals surface area contributed by atoms with Crippen LogP contribution >= 0.6 is 11.3 Å². The van der Waals surface area contributed by atoms with Crippen LogP contribution in [0.2, 0.25) is 0 Å². The number of allylic oxidation sites excluding steroid dienone is 2. The molecule has 0 unspecified atom stereocenters. The smallest absolute Gasteiger partial charge is 0.164 e. The summed E-state index contributed by atoms with van der Waals surface area (Å²) in [6.07, 6.45) is 8.51. The number of hydrogen-bond donors (Lipinski definition) is 1. The molecule has 3 aromatic carbocycles. The van der Waals surface area contributed by atoms with Gasteiger partial charge in [-0.2, -0.15) is 0 Å². The van der Waals surface area contributed by atoms with Crippen molar-refractivity contribution in [2.24, 2.45) is 10.8 Å². The molecular formula is C45H52IrNO3S-. The van der Waals surface area contributed by atoms with Gasteiger partial charge in [0.1, 0.15) is 11.3 Å². The Balaban J connectivity index is 0.000000279. The van der Waals surface area contributed by atoms with Gasteiger partial charge >= 0.3 is 0 Å². The van der Waals surface area contributed by atoms with Crippen LogP contribution in [0.1, 0.15) is 99.1 Å². The number of nitrogens with zero attached hydrogens (tertiary/aromatic N) is 1. The second-order valence-corrected chi connectivity index (χ2v) is 16.2. The summed E-state index contributed by atoms with van der Waals surface area (Å²) < 4.78 is 7.15. The number of hydrogen-bond acceptors (Lipinski definition) is 5. The Labute approximate surface area is 321 Å². The van der Waals surface area contributed by atoms with E-state index in [4.69, 9.17) is 9.40 Å². The second-order valence-electron chi connectivity index (χ2n) is 15.1. The standard InChI is InChI=1S/C30H24NOS.C15H28O2.Ir/c1-18-17-32-29-21(18)10-7-11-23(29)27-16-24-26(33-27)12-13-31-28(24)20-14-19-8-5-6-9-22(19)25(15-20)30(2,3)4;1-7-14(5,8-2)12(16)11-13(17)15(6,9-3)10-4;/h5-13,15-17H,1-4H3;11,16H,7-10H2,1-6H3;/q-1;;/b;12-11-;. The Morgan fingerprint density at radius 2 is 1.51 bits per heavy atom. The van der Waals surface area contributed by atoms with Gasteiger partial charge in [0.2, 0.25) is 0 Å². The summed E-state index contributed by atoms with van der Waals surface area (Å²) in [5.74, 6) is 0.286. The van der Waals surface area contributed by atoms with E-state index >= 15 is 0 Å². The van der Waals surface area contributed by atoms with Gasteiger partial charge in [-0.05, 0) is 67.2 Å². The zero-order valence-corrected chi connectivity index (χ0v) is 35.0. The van der Waals surface area contributed by atoms with E-state index in [-0.39, 0.29) is 47.9 Å². The molecule has 0 saturated carbocycles. The summed E-state index contributed by atoms with van der Waals surface area (Å²) in [4.78, 5) is 18.2. The largest absolute Gasteiger partial charge is 0.512 e. The fourth-order valence-electron chi connectivity index (χ4n) is 6.35. The van der Waals surface area contributed by atoms with Crippen LogP contribution in [0.15, 0.2) is 89.4 Å². The van der Waals surface area contributed by atoms with Crippen LogP contribution in [0, 0.1) is 23.8 Å². The monoisotopic (exact) mass is 879 g/mol. The third-order valence-electron chi connectivity index (χ3n) is 10.9. The van der Waals surface area contributed by atoms with Gasteiger partial charge in [0.05, 0.1) is 6.26 Å². The molecule has 0 atom stereocenters. The molecule has 1 radical (unpaired) electrons. The fourth-order valence-corrected chi connectivity index (χ4v) is 7.43. The summed E-state index contributed by atoms with van der Waals surface area (Å²) in [7, 11) is 0. The molecule has 0 bridgehead atoms. The van der Waals surface area contributed by atoms with Gasteiger partial charge in [-0.15, -0.1) is 40.5 Å². The van der Waals surface area contributed by atoms with Crippen molar-refractivity contribution < 1.29 is 34.4 Å². The summed E-state index contributed by atoms with van der Waals surface area (Å²) in [6.45, 7) is 21.0. The molecule has 0 aliphatic rings. The maximum atomic E-state index is 12.2. The van der Waals surface area contributed by atoms with Crippen molar-refractivity contribution in [1.29, 1.82) is 0 Å². The van der Waals surface area contributed by atoms with Crippen LogP contribution < -0.4 is 0 Å².